The van der Waals surface area contributed by atoms with E-state index in [0.717, 1.165) is 6.54 Å². The molecule has 0 aromatic heterocycles. The maximum atomic E-state index is 12.6. The second-order valence-electron chi connectivity index (χ2n) is 6.44. The number of amides is 2. The first kappa shape index (κ1) is 17.3. The van der Waals surface area contributed by atoms with E-state index in [1.54, 1.807) is 30.1 Å². The summed E-state index contributed by atoms with van der Waals surface area (Å²) in [5.74, 6) is 0.340. The summed E-state index contributed by atoms with van der Waals surface area (Å²) >= 11 is 0. The van der Waals surface area contributed by atoms with Gasteiger partial charge in [0.1, 0.15) is 6.10 Å². The zero-order valence-corrected chi connectivity index (χ0v) is 14.4. The minimum absolute atomic E-state index is 0.0748. The molecule has 2 rings (SSSR count). The topological polar surface area (TPSA) is 61.9 Å². The van der Waals surface area contributed by atoms with Gasteiger partial charge in [0.2, 0.25) is 5.91 Å². The van der Waals surface area contributed by atoms with Crippen LogP contribution in [0.5, 0.6) is 5.75 Å². The predicted octanol–water partition coefficient (Wildman–Crippen LogP) is 1.68. The van der Waals surface area contributed by atoms with Crippen molar-refractivity contribution >= 4 is 17.5 Å². The van der Waals surface area contributed by atoms with Gasteiger partial charge in [-0.25, -0.2) is 0 Å². The van der Waals surface area contributed by atoms with E-state index in [-0.39, 0.29) is 23.8 Å². The lowest BCUT2D eigenvalue weighted by molar-refractivity contribution is -0.114. The molecule has 1 heterocycles. The molecule has 6 heteroatoms. The Bertz CT molecular complexity index is 601. The molecule has 0 fully saturated rings. The molecule has 0 spiro atoms. The maximum Gasteiger partial charge on any atom is 0.257 e. The first-order valence-electron chi connectivity index (χ1n) is 7.77. The van der Waals surface area contributed by atoms with E-state index in [0.29, 0.717) is 23.5 Å². The van der Waals surface area contributed by atoms with Crippen molar-refractivity contribution in [2.75, 3.05) is 39.5 Å². The Morgan fingerprint density at radius 2 is 2.13 bits per heavy atom. The molecule has 6 nitrogen and oxygen atoms in total. The molecule has 0 unspecified atom stereocenters. The Morgan fingerprint density at radius 1 is 1.43 bits per heavy atom. The van der Waals surface area contributed by atoms with Crippen LogP contribution in [-0.4, -0.2) is 62.0 Å². The second kappa shape index (κ2) is 7.00. The number of hydrogen-bond donors (Lipinski definition) is 1. The summed E-state index contributed by atoms with van der Waals surface area (Å²) < 4.78 is 6.21. The number of ether oxygens (including phenoxy) is 1. The molecular formula is C17H25N3O3. The Labute approximate surface area is 137 Å². The molecule has 0 saturated carbocycles. The Hall–Kier alpha value is -2.08. The van der Waals surface area contributed by atoms with Gasteiger partial charge in [-0.2, -0.15) is 0 Å². The number of fused-ring (bicyclic) bond motifs is 1. The van der Waals surface area contributed by atoms with Crippen LogP contribution < -0.4 is 10.1 Å². The highest BCUT2D eigenvalue weighted by Crippen LogP contribution is 2.33. The zero-order chi connectivity index (χ0) is 17.1. The largest absolute Gasteiger partial charge is 0.486 e. The first-order valence-corrected chi connectivity index (χ1v) is 7.77. The van der Waals surface area contributed by atoms with Crippen LogP contribution in [0.25, 0.3) is 0 Å². The fourth-order valence-corrected chi connectivity index (χ4v) is 2.80. The lowest BCUT2D eigenvalue weighted by Gasteiger charge is -2.34. The maximum absolute atomic E-state index is 12.6. The number of anilines is 1. The van der Waals surface area contributed by atoms with Crippen LogP contribution in [0, 0.1) is 5.92 Å². The van der Waals surface area contributed by atoms with E-state index in [9.17, 15) is 9.59 Å². The number of nitrogens with one attached hydrogen (secondary N) is 1. The average molecular weight is 319 g/mol. The molecule has 1 aromatic carbocycles. The van der Waals surface area contributed by atoms with Crippen molar-refractivity contribution in [2.45, 2.75) is 20.0 Å². The van der Waals surface area contributed by atoms with Gasteiger partial charge in [0.15, 0.2) is 5.75 Å². The third-order valence-corrected chi connectivity index (χ3v) is 3.91. The van der Waals surface area contributed by atoms with Gasteiger partial charge in [0.25, 0.3) is 5.91 Å². The Morgan fingerprint density at radius 3 is 2.74 bits per heavy atom. The summed E-state index contributed by atoms with van der Waals surface area (Å²) in [7, 11) is 5.78. The van der Waals surface area contributed by atoms with Crippen molar-refractivity contribution in [3.05, 3.63) is 23.8 Å². The van der Waals surface area contributed by atoms with Crippen molar-refractivity contribution in [3.8, 4) is 5.75 Å². The molecule has 2 amide bonds. The molecule has 0 saturated heterocycles. The Kier molecular flexibility index (Phi) is 5.26. The SMILES string of the molecule is CC(=O)Nc1cccc2c1O[C@@H](CN(C)C)[C@@H](C)CN(C)C2=O. The van der Waals surface area contributed by atoms with Crippen LogP contribution in [0.3, 0.4) is 0 Å². The molecule has 126 valence electrons. The van der Waals surface area contributed by atoms with Gasteiger partial charge in [0.05, 0.1) is 11.3 Å². The van der Waals surface area contributed by atoms with Crippen LogP contribution >= 0.6 is 0 Å². The van der Waals surface area contributed by atoms with E-state index in [4.69, 9.17) is 4.74 Å². The summed E-state index contributed by atoms with van der Waals surface area (Å²) in [5, 5.41) is 2.76. The number of para-hydroxylation sites is 1. The van der Waals surface area contributed by atoms with Crippen molar-refractivity contribution in [3.63, 3.8) is 0 Å². The van der Waals surface area contributed by atoms with Gasteiger partial charge in [0, 0.05) is 33.0 Å². The van der Waals surface area contributed by atoms with E-state index >= 15 is 0 Å². The highest BCUT2D eigenvalue weighted by molar-refractivity contribution is 6.01. The molecule has 1 aliphatic rings. The third kappa shape index (κ3) is 4.01. The van der Waals surface area contributed by atoms with Gasteiger partial charge < -0.3 is 19.9 Å². The molecule has 0 radical (unpaired) electrons. The first-order chi connectivity index (χ1) is 10.8. The molecular weight excluding hydrogens is 294 g/mol. The summed E-state index contributed by atoms with van der Waals surface area (Å²) in [6, 6.07) is 5.25. The number of nitrogens with zero attached hydrogens (tertiary/aromatic N) is 2. The Balaban J connectivity index is 2.49. The number of hydrogen-bond acceptors (Lipinski definition) is 4. The quantitative estimate of drug-likeness (QED) is 0.921. The van der Waals surface area contributed by atoms with Gasteiger partial charge >= 0.3 is 0 Å². The monoisotopic (exact) mass is 319 g/mol. The number of rotatable bonds is 3. The van der Waals surface area contributed by atoms with E-state index in [1.165, 1.54) is 6.92 Å². The summed E-state index contributed by atoms with van der Waals surface area (Å²) in [5.41, 5.74) is 1.02. The molecule has 1 N–H and O–H groups in total. The van der Waals surface area contributed by atoms with Crippen LogP contribution in [0.4, 0.5) is 5.69 Å². The lowest BCUT2D eigenvalue weighted by Crippen LogP contribution is -2.44. The highest BCUT2D eigenvalue weighted by atomic mass is 16.5. The van der Waals surface area contributed by atoms with Crippen LogP contribution in [0.15, 0.2) is 18.2 Å². The van der Waals surface area contributed by atoms with Gasteiger partial charge in [-0.3, -0.25) is 9.59 Å². The van der Waals surface area contributed by atoms with E-state index in [1.807, 2.05) is 14.1 Å². The molecule has 0 aliphatic carbocycles. The summed E-state index contributed by atoms with van der Waals surface area (Å²) in [6.07, 6.45) is -0.0748. The molecule has 1 aliphatic heterocycles. The zero-order valence-electron chi connectivity index (χ0n) is 14.4. The fourth-order valence-electron chi connectivity index (χ4n) is 2.80. The van der Waals surface area contributed by atoms with Crippen molar-refractivity contribution in [1.29, 1.82) is 0 Å². The highest BCUT2D eigenvalue weighted by Gasteiger charge is 2.30. The van der Waals surface area contributed by atoms with Gasteiger partial charge in [-0.05, 0) is 26.2 Å². The van der Waals surface area contributed by atoms with Crippen LogP contribution in [-0.2, 0) is 4.79 Å². The average Bonchev–Trinajstić information content (AvgIpc) is 2.45. The van der Waals surface area contributed by atoms with Crippen LogP contribution in [0.2, 0.25) is 0 Å². The van der Waals surface area contributed by atoms with E-state index in [2.05, 4.69) is 17.1 Å². The molecule has 0 bridgehead atoms. The normalized spacial score (nSPS) is 21.3. The molecule has 2 atom stereocenters. The number of carbonyl (C=O) groups excluding carboxylic acids is 2. The molecule has 1 aromatic rings. The second-order valence-corrected chi connectivity index (χ2v) is 6.44. The number of likely N-dealkylation sites (N-methyl/N-ethyl adjacent to an activating group) is 1. The van der Waals surface area contributed by atoms with Crippen molar-refractivity contribution < 1.29 is 14.3 Å². The predicted molar refractivity (Wildman–Crippen MR) is 89.8 cm³/mol. The van der Waals surface area contributed by atoms with Gasteiger partial charge in [-0.15, -0.1) is 0 Å². The smallest absolute Gasteiger partial charge is 0.257 e. The lowest BCUT2D eigenvalue weighted by atomic mass is 10.0. The van der Waals surface area contributed by atoms with E-state index < -0.39 is 0 Å². The standard InChI is InChI=1S/C17H25N3O3/c1-11-9-20(5)17(22)13-7-6-8-14(18-12(2)21)16(13)23-15(11)10-19(3)4/h6-8,11,15H,9-10H2,1-5H3,(H,18,21)/t11-,15-/m0/s1. The van der Waals surface area contributed by atoms with Crippen molar-refractivity contribution in [1.82, 2.24) is 9.80 Å². The third-order valence-electron chi connectivity index (χ3n) is 3.91. The minimum atomic E-state index is -0.193. The number of carbonyl (C=O) groups is 2. The fraction of sp³-hybridized carbons (Fsp3) is 0.529. The van der Waals surface area contributed by atoms with Gasteiger partial charge in [-0.1, -0.05) is 13.0 Å². The summed E-state index contributed by atoms with van der Waals surface area (Å²) in [6.45, 7) is 4.87. The minimum Gasteiger partial charge on any atom is -0.486 e. The number of benzene rings is 1. The van der Waals surface area contributed by atoms with Crippen LogP contribution in [0.1, 0.15) is 24.2 Å². The summed E-state index contributed by atoms with van der Waals surface area (Å²) in [4.78, 5) is 27.9. The molecule has 23 heavy (non-hydrogen) atoms. The van der Waals surface area contributed by atoms with Crippen molar-refractivity contribution in [2.24, 2.45) is 5.92 Å².